The highest BCUT2D eigenvalue weighted by Crippen LogP contribution is 2.29. The molecular formula is C18H26N2S. The molecule has 0 saturated carbocycles. The molecular weight excluding hydrogens is 276 g/mol. The first-order valence-electron chi connectivity index (χ1n) is 7.42. The lowest BCUT2D eigenvalue weighted by molar-refractivity contribution is 0.604. The van der Waals surface area contributed by atoms with Crippen LogP contribution in [0.4, 0.5) is 5.69 Å². The molecule has 1 aromatic heterocycles. The summed E-state index contributed by atoms with van der Waals surface area (Å²) in [4.78, 5) is 4.98. The van der Waals surface area contributed by atoms with Gasteiger partial charge in [-0.1, -0.05) is 32.9 Å². The van der Waals surface area contributed by atoms with Crippen LogP contribution in [-0.4, -0.2) is 14.1 Å². The molecule has 0 bridgehead atoms. The Morgan fingerprint density at radius 1 is 0.952 bits per heavy atom. The fourth-order valence-electron chi connectivity index (χ4n) is 2.12. The van der Waals surface area contributed by atoms with Crippen molar-refractivity contribution in [1.29, 1.82) is 0 Å². The number of benzene rings is 1. The number of rotatable bonds is 5. The van der Waals surface area contributed by atoms with Crippen LogP contribution in [0.2, 0.25) is 0 Å². The average molecular weight is 302 g/mol. The summed E-state index contributed by atoms with van der Waals surface area (Å²) in [7, 11) is 4.13. The zero-order chi connectivity index (χ0) is 15.5. The molecule has 0 unspecified atom stereocenters. The van der Waals surface area contributed by atoms with Crippen molar-refractivity contribution < 1.29 is 0 Å². The molecule has 0 saturated heterocycles. The highest BCUT2D eigenvalue weighted by atomic mass is 32.1. The number of thiophene rings is 1. The van der Waals surface area contributed by atoms with Crippen molar-refractivity contribution in [2.45, 2.75) is 39.3 Å². The minimum absolute atomic E-state index is 0.255. The Morgan fingerprint density at radius 2 is 1.62 bits per heavy atom. The Hall–Kier alpha value is -1.32. The lowest BCUT2D eigenvalue weighted by Crippen LogP contribution is -2.12. The Balaban J connectivity index is 1.85. The maximum atomic E-state index is 3.53. The van der Waals surface area contributed by atoms with Crippen LogP contribution in [0.25, 0.3) is 0 Å². The number of hydrogen-bond acceptors (Lipinski definition) is 3. The van der Waals surface area contributed by atoms with Gasteiger partial charge in [-0.3, -0.25) is 0 Å². The molecule has 3 heteroatoms. The van der Waals surface area contributed by atoms with Gasteiger partial charge in [-0.2, -0.15) is 0 Å². The van der Waals surface area contributed by atoms with Gasteiger partial charge in [0.25, 0.3) is 0 Å². The van der Waals surface area contributed by atoms with Gasteiger partial charge < -0.3 is 10.2 Å². The second-order valence-electron chi connectivity index (χ2n) is 6.68. The van der Waals surface area contributed by atoms with Gasteiger partial charge in [-0.25, -0.2) is 0 Å². The van der Waals surface area contributed by atoms with Crippen LogP contribution in [0.5, 0.6) is 0 Å². The van der Waals surface area contributed by atoms with E-state index in [-0.39, 0.29) is 5.41 Å². The fraction of sp³-hybridized carbons (Fsp3) is 0.444. The van der Waals surface area contributed by atoms with Crippen molar-refractivity contribution in [2.24, 2.45) is 0 Å². The number of anilines is 1. The number of nitrogens with one attached hydrogen (secondary N) is 1. The molecule has 0 aliphatic carbocycles. The molecule has 2 rings (SSSR count). The molecule has 0 amide bonds. The minimum atomic E-state index is 0.255. The van der Waals surface area contributed by atoms with Crippen molar-refractivity contribution >= 4 is 17.0 Å². The smallest absolute Gasteiger partial charge is 0.0361 e. The van der Waals surface area contributed by atoms with E-state index in [1.54, 1.807) is 0 Å². The van der Waals surface area contributed by atoms with E-state index in [4.69, 9.17) is 0 Å². The van der Waals surface area contributed by atoms with Crippen molar-refractivity contribution in [1.82, 2.24) is 5.32 Å². The molecule has 0 radical (unpaired) electrons. The van der Waals surface area contributed by atoms with Crippen LogP contribution < -0.4 is 10.2 Å². The van der Waals surface area contributed by atoms with Gasteiger partial charge in [-0.15, -0.1) is 11.3 Å². The number of hydrogen-bond donors (Lipinski definition) is 1. The molecule has 21 heavy (non-hydrogen) atoms. The van der Waals surface area contributed by atoms with Crippen LogP contribution in [0.1, 0.15) is 36.1 Å². The Labute approximate surface area is 132 Å². The normalized spacial score (nSPS) is 11.7. The first-order valence-corrected chi connectivity index (χ1v) is 8.24. The average Bonchev–Trinajstić information content (AvgIpc) is 2.88. The third-order valence-electron chi connectivity index (χ3n) is 3.48. The fourth-order valence-corrected chi connectivity index (χ4v) is 3.15. The second kappa shape index (κ2) is 6.63. The summed E-state index contributed by atoms with van der Waals surface area (Å²) in [6.07, 6.45) is 0. The summed E-state index contributed by atoms with van der Waals surface area (Å²) < 4.78 is 0. The Bertz CT molecular complexity index is 562. The van der Waals surface area contributed by atoms with E-state index in [1.165, 1.54) is 21.0 Å². The Morgan fingerprint density at radius 3 is 2.14 bits per heavy atom. The molecule has 1 N–H and O–H groups in total. The van der Waals surface area contributed by atoms with Crippen LogP contribution in [-0.2, 0) is 18.5 Å². The third kappa shape index (κ3) is 4.58. The molecule has 0 spiro atoms. The summed E-state index contributed by atoms with van der Waals surface area (Å²) in [5.74, 6) is 0. The van der Waals surface area contributed by atoms with E-state index < -0.39 is 0 Å². The highest BCUT2D eigenvalue weighted by Gasteiger charge is 2.15. The van der Waals surface area contributed by atoms with Crippen LogP contribution in [0.3, 0.4) is 0 Å². The van der Waals surface area contributed by atoms with E-state index in [1.807, 2.05) is 11.3 Å². The lowest BCUT2D eigenvalue weighted by Gasteiger charge is -2.15. The van der Waals surface area contributed by atoms with Gasteiger partial charge in [0.15, 0.2) is 0 Å². The maximum absolute atomic E-state index is 3.53. The predicted molar refractivity (Wildman–Crippen MR) is 94.3 cm³/mol. The first-order chi connectivity index (χ1) is 9.86. The molecule has 1 aromatic carbocycles. The summed E-state index contributed by atoms with van der Waals surface area (Å²) in [5, 5.41) is 3.53. The summed E-state index contributed by atoms with van der Waals surface area (Å²) in [6, 6.07) is 13.2. The molecule has 0 aliphatic heterocycles. The van der Waals surface area contributed by atoms with Crippen molar-refractivity contribution in [3.8, 4) is 0 Å². The molecule has 114 valence electrons. The summed E-state index contributed by atoms with van der Waals surface area (Å²) in [6.45, 7) is 8.65. The second-order valence-corrected chi connectivity index (χ2v) is 7.85. The molecule has 2 aromatic rings. The van der Waals surface area contributed by atoms with Crippen LogP contribution >= 0.6 is 11.3 Å². The quantitative estimate of drug-likeness (QED) is 0.880. The van der Waals surface area contributed by atoms with E-state index in [9.17, 15) is 0 Å². The zero-order valence-electron chi connectivity index (χ0n) is 13.7. The minimum Gasteiger partial charge on any atom is -0.378 e. The van der Waals surface area contributed by atoms with Crippen LogP contribution in [0.15, 0.2) is 36.4 Å². The van der Waals surface area contributed by atoms with E-state index in [0.29, 0.717) is 0 Å². The van der Waals surface area contributed by atoms with Crippen molar-refractivity contribution in [3.05, 3.63) is 51.7 Å². The van der Waals surface area contributed by atoms with E-state index in [2.05, 4.69) is 81.5 Å². The molecule has 2 nitrogen and oxygen atoms in total. The van der Waals surface area contributed by atoms with E-state index in [0.717, 1.165) is 13.1 Å². The van der Waals surface area contributed by atoms with E-state index >= 15 is 0 Å². The van der Waals surface area contributed by atoms with Gasteiger partial charge in [0, 0.05) is 42.6 Å². The van der Waals surface area contributed by atoms with Gasteiger partial charge in [0.05, 0.1) is 0 Å². The summed E-state index contributed by atoms with van der Waals surface area (Å²) in [5.41, 5.74) is 2.82. The topological polar surface area (TPSA) is 15.3 Å². The maximum Gasteiger partial charge on any atom is 0.0361 e. The predicted octanol–water partition coefficient (Wildman–Crippen LogP) is 4.40. The third-order valence-corrected chi connectivity index (χ3v) is 4.99. The molecule has 0 fully saturated rings. The van der Waals surface area contributed by atoms with Crippen molar-refractivity contribution in [2.75, 3.05) is 19.0 Å². The zero-order valence-corrected chi connectivity index (χ0v) is 14.6. The van der Waals surface area contributed by atoms with Crippen molar-refractivity contribution in [3.63, 3.8) is 0 Å². The first kappa shape index (κ1) is 16.1. The molecule has 1 heterocycles. The van der Waals surface area contributed by atoms with Gasteiger partial charge in [-0.05, 0) is 35.2 Å². The van der Waals surface area contributed by atoms with Crippen LogP contribution in [0, 0.1) is 0 Å². The molecule has 0 aliphatic rings. The van der Waals surface area contributed by atoms with Gasteiger partial charge >= 0.3 is 0 Å². The summed E-state index contributed by atoms with van der Waals surface area (Å²) >= 11 is 1.91. The monoisotopic (exact) mass is 302 g/mol. The highest BCUT2D eigenvalue weighted by molar-refractivity contribution is 7.12. The SMILES string of the molecule is CN(C)c1ccc(CNCc2ccc(C(C)(C)C)s2)cc1. The lowest BCUT2D eigenvalue weighted by atomic mass is 9.95. The standard InChI is InChI=1S/C18H26N2S/c1-18(2,3)17-11-10-16(21-17)13-19-12-14-6-8-15(9-7-14)20(4)5/h6-11,19H,12-13H2,1-5H3. The number of nitrogens with zero attached hydrogens (tertiary/aromatic N) is 1. The molecule has 0 atom stereocenters. The largest absolute Gasteiger partial charge is 0.378 e. The Kier molecular flexibility index (Phi) is 5.07. The van der Waals surface area contributed by atoms with Gasteiger partial charge in [0.1, 0.15) is 0 Å². The van der Waals surface area contributed by atoms with Gasteiger partial charge in [0.2, 0.25) is 0 Å².